The van der Waals surface area contributed by atoms with Crippen LogP contribution >= 0.6 is 12.4 Å². The van der Waals surface area contributed by atoms with E-state index < -0.39 is 9.84 Å². The topological polar surface area (TPSA) is 66.9 Å². The van der Waals surface area contributed by atoms with Gasteiger partial charge in [-0.15, -0.1) is 12.4 Å². The van der Waals surface area contributed by atoms with Crippen molar-refractivity contribution in [1.82, 2.24) is 9.80 Å². The SMILES string of the molecule is CN1CCN(C(=O)C2=C(c3ccccc3)S(=O)(=O)CCO2)CC1.Cl. The van der Waals surface area contributed by atoms with Crippen molar-refractivity contribution in [3.8, 4) is 0 Å². The molecule has 0 saturated carbocycles. The van der Waals surface area contributed by atoms with Crippen molar-refractivity contribution in [1.29, 1.82) is 0 Å². The van der Waals surface area contributed by atoms with Crippen molar-refractivity contribution in [2.24, 2.45) is 0 Å². The maximum Gasteiger partial charge on any atom is 0.290 e. The summed E-state index contributed by atoms with van der Waals surface area (Å²) in [5.41, 5.74) is 0.504. The number of likely N-dealkylation sites (N-methyl/N-ethyl adjacent to an activating group) is 1. The third-order valence-corrected chi connectivity index (χ3v) is 5.88. The van der Waals surface area contributed by atoms with Gasteiger partial charge in [0, 0.05) is 26.2 Å². The molecule has 2 aliphatic heterocycles. The summed E-state index contributed by atoms with van der Waals surface area (Å²) in [6.45, 7) is 2.71. The Bertz CT molecular complexity index is 726. The second-order valence-corrected chi connectivity index (χ2v) is 7.83. The summed E-state index contributed by atoms with van der Waals surface area (Å²) in [6, 6.07) is 8.70. The van der Waals surface area contributed by atoms with Gasteiger partial charge in [0.05, 0.1) is 5.75 Å². The summed E-state index contributed by atoms with van der Waals surface area (Å²) in [5, 5.41) is 0. The molecule has 2 aliphatic rings. The molecule has 132 valence electrons. The molecule has 24 heavy (non-hydrogen) atoms. The molecule has 1 amide bonds. The van der Waals surface area contributed by atoms with Gasteiger partial charge in [-0.2, -0.15) is 0 Å². The van der Waals surface area contributed by atoms with Gasteiger partial charge in [0.25, 0.3) is 5.91 Å². The average molecular weight is 373 g/mol. The standard InChI is InChI=1S/C16H20N2O4S.ClH/c1-17-7-9-18(10-8-17)16(19)14-15(13-5-3-2-4-6-13)23(20,21)12-11-22-14;/h2-6H,7-12H2,1H3;1H. The summed E-state index contributed by atoms with van der Waals surface area (Å²) in [5.74, 6) is -0.469. The number of sulfone groups is 1. The molecule has 0 bridgehead atoms. The van der Waals surface area contributed by atoms with Gasteiger partial charge in [-0.05, 0) is 12.6 Å². The van der Waals surface area contributed by atoms with Gasteiger partial charge in [-0.25, -0.2) is 8.42 Å². The van der Waals surface area contributed by atoms with Crippen LogP contribution in [0.3, 0.4) is 0 Å². The Morgan fingerprint density at radius 1 is 1.08 bits per heavy atom. The van der Waals surface area contributed by atoms with Gasteiger partial charge in [0.1, 0.15) is 11.5 Å². The normalized spacial score (nSPS) is 21.0. The van der Waals surface area contributed by atoms with Crippen LogP contribution in [-0.2, 0) is 19.4 Å². The van der Waals surface area contributed by atoms with E-state index in [1.54, 1.807) is 29.2 Å². The first-order chi connectivity index (χ1) is 11.0. The van der Waals surface area contributed by atoms with Gasteiger partial charge in [0.2, 0.25) is 5.76 Å². The molecule has 1 saturated heterocycles. The molecule has 0 N–H and O–H groups in total. The number of nitrogens with zero attached hydrogens (tertiary/aromatic N) is 2. The third-order valence-electron chi connectivity index (χ3n) is 4.14. The molecule has 0 radical (unpaired) electrons. The molecule has 1 aromatic carbocycles. The van der Waals surface area contributed by atoms with E-state index in [0.717, 1.165) is 13.1 Å². The molecule has 0 atom stereocenters. The minimum atomic E-state index is -3.52. The molecule has 0 unspecified atom stereocenters. The minimum Gasteiger partial charge on any atom is -0.486 e. The van der Waals surface area contributed by atoms with E-state index in [4.69, 9.17) is 4.74 Å². The molecular weight excluding hydrogens is 352 g/mol. The predicted octanol–water partition coefficient (Wildman–Crippen LogP) is 0.996. The van der Waals surface area contributed by atoms with Gasteiger partial charge in [-0.1, -0.05) is 30.3 Å². The molecule has 6 nitrogen and oxygen atoms in total. The van der Waals surface area contributed by atoms with Crippen LogP contribution in [0.5, 0.6) is 0 Å². The summed E-state index contributed by atoms with van der Waals surface area (Å²) in [7, 11) is -1.53. The van der Waals surface area contributed by atoms with E-state index >= 15 is 0 Å². The molecule has 1 aromatic rings. The van der Waals surface area contributed by atoms with Gasteiger partial charge < -0.3 is 14.5 Å². The first-order valence-corrected chi connectivity index (χ1v) is 9.27. The molecular formula is C16H21ClN2O4S. The van der Waals surface area contributed by atoms with Crippen LogP contribution in [0.4, 0.5) is 0 Å². The van der Waals surface area contributed by atoms with Crippen LogP contribution < -0.4 is 0 Å². The zero-order valence-electron chi connectivity index (χ0n) is 13.5. The number of hydrogen-bond donors (Lipinski definition) is 0. The number of rotatable bonds is 2. The highest BCUT2D eigenvalue weighted by atomic mass is 35.5. The van der Waals surface area contributed by atoms with Crippen LogP contribution in [0, 0.1) is 0 Å². The Labute approximate surface area is 148 Å². The first-order valence-electron chi connectivity index (χ1n) is 7.62. The minimum absolute atomic E-state index is 0. The van der Waals surface area contributed by atoms with Crippen molar-refractivity contribution in [3.63, 3.8) is 0 Å². The smallest absolute Gasteiger partial charge is 0.290 e. The fourth-order valence-electron chi connectivity index (χ4n) is 2.77. The fraction of sp³-hybridized carbons (Fsp3) is 0.438. The molecule has 8 heteroatoms. The average Bonchev–Trinajstić information content (AvgIpc) is 2.54. The fourth-order valence-corrected chi connectivity index (χ4v) is 4.21. The van der Waals surface area contributed by atoms with Crippen LogP contribution in [0.25, 0.3) is 4.91 Å². The van der Waals surface area contributed by atoms with Crippen LogP contribution in [0.2, 0.25) is 0 Å². The van der Waals surface area contributed by atoms with Crippen molar-refractivity contribution >= 4 is 33.1 Å². The highest BCUT2D eigenvalue weighted by Gasteiger charge is 2.35. The maximum atomic E-state index is 12.8. The molecule has 0 aliphatic carbocycles. The number of hydrogen-bond acceptors (Lipinski definition) is 5. The van der Waals surface area contributed by atoms with E-state index in [0.29, 0.717) is 18.7 Å². The lowest BCUT2D eigenvalue weighted by Crippen LogP contribution is -2.48. The molecule has 0 aromatic heterocycles. The number of amides is 1. The van der Waals surface area contributed by atoms with Gasteiger partial charge >= 0.3 is 0 Å². The summed E-state index contributed by atoms with van der Waals surface area (Å²) >= 11 is 0. The third kappa shape index (κ3) is 3.74. The van der Waals surface area contributed by atoms with Gasteiger partial charge in [-0.3, -0.25) is 4.79 Å². The quantitative estimate of drug-likeness (QED) is 0.774. The highest BCUT2D eigenvalue weighted by Crippen LogP contribution is 2.30. The highest BCUT2D eigenvalue weighted by molar-refractivity contribution is 8.00. The number of benzene rings is 1. The van der Waals surface area contributed by atoms with E-state index in [9.17, 15) is 13.2 Å². The largest absolute Gasteiger partial charge is 0.486 e. The molecule has 3 rings (SSSR count). The monoisotopic (exact) mass is 372 g/mol. The second-order valence-electron chi connectivity index (χ2n) is 5.79. The Hall–Kier alpha value is -1.57. The summed E-state index contributed by atoms with van der Waals surface area (Å²) in [4.78, 5) is 16.6. The van der Waals surface area contributed by atoms with Crippen LogP contribution in [-0.4, -0.2) is 69.7 Å². The number of carbonyl (C=O) groups is 1. The Kier molecular flexibility index (Phi) is 5.90. The first kappa shape index (κ1) is 18.8. The zero-order valence-corrected chi connectivity index (χ0v) is 15.1. The Morgan fingerprint density at radius 3 is 2.33 bits per heavy atom. The molecule has 1 fully saturated rings. The van der Waals surface area contributed by atoms with Crippen molar-refractivity contribution in [2.75, 3.05) is 45.6 Å². The lowest BCUT2D eigenvalue weighted by atomic mass is 10.2. The zero-order chi connectivity index (χ0) is 16.4. The summed E-state index contributed by atoms with van der Waals surface area (Å²) in [6.07, 6.45) is 0. The second kappa shape index (κ2) is 7.55. The maximum absolute atomic E-state index is 12.8. The van der Waals surface area contributed by atoms with Crippen LogP contribution in [0.1, 0.15) is 5.56 Å². The number of piperazine rings is 1. The molecule has 0 spiro atoms. The number of halogens is 1. The predicted molar refractivity (Wildman–Crippen MR) is 94.4 cm³/mol. The van der Waals surface area contributed by atoms with Crippen LogP contribution in [0.15, 0.2) is 36.1 Å². The van der Waals surface area contributed by atoms with E-state index in [-0.39, 0.29) is 41.3 Å². The van der Waals surface area contributed by atoms with Crippen molar-refractivity contribution in [3.05, 3.63) is 41.7 Å². The van der Waals surface area contributed by atoms with Crippen molar-refractivity contribution in [2.45, 2.75) is 0 Å². The summed E-state index contributed by atoms with van der Waals surface area (Å²) < 4.78 is 30.5. The van der Waals surface area contributed by atoms with E-state index in [1.807, 2.05) is 13.1 Å². The lowest BCUT2D eigenvalue weighted by molar-refractivity contribution is -0.132. The number of carbonyl (C=O) groups excluding carboxylic acids is 1. The number of ether oxygens (including phenoxy) is 1. The Morgan fingerprint density at radius 2 is 1.71 bits per heavy atom. The van der Waals surface area contributed by atoms with Crippen molar-refractivity contribution < 1.29 is 17.9 Å². The lowest BCUT2D eigenvalue weighted by Gasteiger charge is -2.33. The molecule has 2 heterocycles. The van der Waals surface area contributed by atoms with E-state index in [2.05, 4.69) is 4.90 Å². The van der Waals surface area contributed by atoms with E-state index in [1.165, 1.54) is 0 Å². The Balaban J connectivity index is 0.00000208. The van der Waals surface area contributed by atoms with Gasteiger partial charge in [0.15, 0.2) is 9.84 Å².